The number of carboxylic acids is 1. The molecule has 0 aromatic rings. The highest BCUT2D eigenvalue weighted by atomic mass is 16.5. The van der Waals surface area contributed by atoms with E-state index in [1.807, 2.05) is 6.92 Å². The zero-order valence-electron chi connectivity index (χ0n) is 19.5. The summed E-state index contributed by atoms with van der Waals surface area (Å²) in [7, 11) is 0. The minimum Gasteiger partial charge on any atom is -0.481 e. The number of aliphatic carboxylic acids is 1. The summed E-state index contributed by atoms with van der Waals surface area (Å²) < 4.78 is 6.58. The minimum atomic E-state index is -1.06. The van der Waals surface area contributed by atoms with E-state index in [4.69, 9.17) is 4.74 Å². The molecule has 176 valence electrons. The second kappa shape index (κ2) is 6.75. The molecule has 0 radical (unpaired) electrons. The third-order valence-corrected chi connectivity index (χ3v) is 10.8. The highest BCUT2D eigenvalue weighted by Crippen LogP contribution is 2.72. The summed E-state index contributed by atoms with van der Waals surface area (Å²) in [5.41, 5.74) is -2.94. The lowest BCUT2D eigenvalue weighted by Gasteiger charge is -2.67. The van der Waals surface area contributed by atoms with Crippen molar-refractivity contribution in [3.8, 4) is 0 Å². The van der Waals surface area contributed by atoms with Crippen LogP contribution in [0.3, 0.4) is 0 Å². The molecule has 1 heterocycles. The highest BCUT2D eigenvalue weighted by molar-refractivity contribution is 6.09. The van der Waals surface area contributed by atoms with Crippen LogP contribution in [-0.4, -0.2) is 45.6 Å². The van der Waals surface area contributed by atoms with Crippen molar-refractivity contribution in [1.82, 2.24) is 0 Å². The Morgan fingerprint density at radius 1 is 1.03 bits per heavy atom. The Bertz CT molecular complexity index is 910. The largest absolute Gasteiger partial charge is 0.481 e. The number of aliphatic hydroxyl groups excluding tert-OH is 1. The molecule has 1 aliphatic heterocycles. The molecule has 6 nitrogen and oxygen atoms in total. The van der Waals surface area contributed by atoms with Crippen molar-refractivity contribution in [2.45, 2.75) is 89.8 Å². The van der Waals surface area contributed by atoms with Gasteiger partial charge in [-0.2, -0.15) is 0 Å². The molecule has 4 aliphatic carbocycles. The van der Waals surface area contributed by atoms with E-state index in [1.165, 1.54) is 12.2 Å². The third kappa shape index (κ3) is 2.62. The van der Waals surface area contributed by atoms with Crippen LogP contribution in [0, 0.1) is 34.0 Å². The van der Waals surface area contributed by atoms with Crippen molar-refractivity contribution in [2.75, 3.05) is 6.61 Å². The number of carbonyl (C=O) groups is 3. The first-order valence-corrected chi connectivity index (χ1v) is 12.3. The first-order chi connectivity index (χ1) is 15.0. The monoisotopic (exact) mass is 444 g/mol. The van der Waals surface area contributed by atoms with Crippen LogP contribution in [0.5, 0.6) is 0 Å². The molecule has 4 fully saturated rings. The van der Waals surface area contributed by atoms with E-state index in [9.17, 15) is 24.6 Å². The zero-order valence-corrected chi connectivity index (χ0v) is 19.5. The summed E-state index contributed by atoms with van der Waals surface area (Å²) >= 11 is 0. The van der Waals surface area contributed by atoms with Crippen LogP contribution in [-0.2, 0) is 19.1 Å². The Morgan fingerprint density at radius 2 is 1.75 bits per heavy atom. The van der Waals surface area contributed by atoms with E-state index < -0.39 is 28.0 Å². The van der Waals surface area contributed by atoms with Crippen molar-refractivity contribution in [1.29, 1.82) is 0 Å². The molecule has 5 aliphatic rings. The second-order valence-electron chi connectivity index (χ2n) is 12.2. The predicted molar refractivity (Wildman–Crippen MR) is 117 cm³/mol. The van der Waals surface area contributed by atoms with Crippen LogP contribution in [0.15, 0.2) is 12.2 Å². The fraction of sp³-hybridized carbons (Fsp3) is 0.808. The molecule has 3 saturated carbocycles. The molecule has 5 rings (SSSR count). The minimum absolute atomic E-state index is 0.0103. The summed E-state index contributed by atoms with van der Waals surface area (Å²) in [6.07, 6.45) is 8.98. The molecule has 0 bridgehead atoms. The maximum absolute atomic E-state index is 13.0. The number of ether oxygens (including phenoxy) is 1. The van der Waals surface area contributed by atoms with Gasteiger partial charge in [-0.15, -0.1) is 0 Å². The molecule has 0 amide bonds. The number of hydrogen-bond donors (Lipinski definition) is 2. The van der Waals surface area contributed by atoms with Gasteiger partial charge in [-0.3, -0.25) is 14.4 Å². The molecule has 0 aromatic carbocycles. The zero-order chi connectivity index (χ0) is 23.2. The lowest BCUT2D eigenvalue weighted by atomic mass is 9.37. The van der Waals surface area contributed by atoms with Crippen LogP contribution < -0.4 is 0 Å². The molecule has 0 aromatic heterocycles. The topological polar surface area (TPSA) is 101 Å². The first-order valence-electron chi connectivity index (χ1n) is 12.3. The molecular formula is C26H36O6. The number of ketones is 2. The summed E-state index contributed by atoms with van der Waals surface area (Å²) in [6, 6.07) is 0. The fourth-order valence-corrected chi connectivity index (χ4v) is 9.37. The van der Waals surface area contributed by atoms with Crippen molar-refractivity contribution < 1.29 is 29.3 Å². The molecule has 6 heteroatoms. The molecule has 32 heavy (non-hydrogen) atoms. The average molecular weight is 445 g/mol. The standard InChI is InChI=1S/C26H36O6/c1-22-11-7-18-23(2,21(30)31)9-4-10-25(18,15-27)17(22)8-12-24(3)19(22)14-26(32-24)13-16(28)5-6-20(26)29/h5-6,17-19,27H,4,7-15H2,1-3H3,(H,30,31)/t17-,18-,19-,22+,23-,24-,25-,26+/m0/s1. The van der Waals surface area contributed by atoms with Crippen molar-refractivity contribution in [3.63, 3.8) is 0 Å². The summed E-state index contributed by atoms with van der Waals surface area (Å²) in [5.74, 6) is -0.682. The first kappa shape index (κ1) is 22.3. The van der Waals surface area contributed by atoms with Crippen LogP contribution in [0.4, 0.5) is 0 Å². The van der Waals surface area contributed by atoms with E-state index in [-0.39, 0.29) is 47.8 Å². The van der Waals surface area contributed by atoms with Gasteiger partial charge >= 0.3 is 5.97 Å². The number of aliphatic hydroxyl groups is 1. The molecule has 1 saturated heterocycles. The second-order valence-corrected chi connectivity index (χ2v) is 12.2. The maximum atomic E-state index is 13.0. The Hall–Kier alpha value is -1.53. The van der Waals surface area contributed by atoms with Crippen LogP contribution in [0.2, 0.25) is 0 Å². The SMILES string of the molecule is C[C@@]12CC[C@@H]3[C@](CO)(CCC[C@]3(C)C(=O)O)[C@H]1CC[C@]1(C)O[C@]3(CC(=O)C=CC3=O)C[C@@H]21. The van der Waals surface area contributed by atoms with E-state index in [0.29, 0.717) is 12.8 Å². The molecule has 1 spiro atoms. The van der Waals surface area contributed by atoms with Gasteiger partial charge in [0.2, 0.25) is 0 Å². The van der Waals surface area contributed by atoms with Gasteiger partial charge in [-0.1, -0.05) is 13.3 Å². The number of rotatable bonds is 2. The normalized spacial score (nSPS) is 52.4. The number of hydrogen-bond acceptors (Lipinski definition) is 5. The Labute approximate surface area is 189 Å². The summed E-state index contributed by atoms with van der Waals surface area (Å²) in [5, 5.41) is 21.0. The van der Waals surface area contributed by atoms with Gasteiger partial charge in [0.25, 0.3) is 0 Å². The number of allylic oxidation sites excluding steroid dienone is 1. The van der Waals surface area contributed by atoms with Crippen LogP contribution >= 0.6 is 0 Å². The Morgan fingerprint density at radius 3 is 2.44 bits per heavy atom. The smallest absolute Gasteiger partial charge is 0.309 e. The molecule has 0 unspecified atom stereocenters. The average Bonchev–Trinajstić information content (AvgIpc) is 3.04. The van der Waals surface area contributed by atoms with Crippen LogP contribution in [0.25, 0.3) is 0 Å². The van der Waals surface area contributed by atoms with E-state index >= 15 is 0 Å². The van der Waals surface area contributed by atoms with Gasteiger partial charge in [-0.05, 0) is 94.1 Å². The lowest BCUT2D eigenvalue weighted by molar-refractivity contribution is -0.226. The van der Waals surface area contributed by atoms with E-state index in [1.54, 1.807) is 0 Å². The number of carbonyl (C=O) groups excluding carboxylic acids is 2. The number of carboxylic acid groups (broad SMARTS) is 1. The summed E-state index contributed by atoms with van der Waals surface area (Å²) in [6.45, 7) is 6.28. The van der Waals surface area contributed by atoms with Gasteiger partial charge in [0.05, 0.1) is 11.0 Å². The van der Waals surface area contributed by atoms with Gasteiger partial charge in [-0.25, -0.2) is 0 Å². The Balaban J connectivity index is 1.56. The van der Waals surface area contributed by atoms with Crippen molar-refractivity contribution in [3.05, 3.63) is 12.2 Å². The van der Waals surface area contributed by atoms with Gasteiger partial charge in [0.15, 0.2) is 11.6 Å². The number of fused-ring (bicyclic) bond motifs is 5. The van der Waals surface area contributed by atoms with E-state index in [2.05, 4.69) is 13.8 Å². The fourth-order valence-electron chi connectivity index (χ4n) is 9.37. The summed E-state index contributed by atoms with van der Waals surface area (Å²) in [4.78, 5) is 37.6. The quantitative estimate of drug-likeness (QED) is 0.674. The molecular weight excluding hydrogens is 408 g/mol. The predicted octanol–water partition coefficient (Wildman–Crippen LogP) is 3.70. The van der Waals surface area contributed by atoms with Gasteiger partial charge in [0.1, 0.15) is 5.60 Å². The maximum Gasteiger partial charge on any atom is 0.309 e. The highest BCUT2D eigenvalue weighted by Gasteiger charge is 2.71. The van der Waals surface area contributed by atoms with Crippen molar-refractivity contribution in [2.24, 2.45) is 34.0 Å². The third-order valence-electron chi connectivity index (χ3n) is 10.8. The van der Waals surface area contributed by atoms with Gasteiger partial charge in [0, 0.05) is 18.4 Å². The van der Waals surface area contributed by atoms with Crippen molar-refractivity contribution >= 4 is 17.5 Å². The van der Waals surface area contributed by atoms with Gasteiger partial charge < -0.3 is 14.9 Å². The Kier molecular flexibility index (Phi) is 4.70. The lowest BCUT2D eigenvalue weighted by Crippen LogP contribution is -2.64. The molecule has 2 N–H and O–H groups in total. The van der Waals surface area contributed by atoms with E-state index in [0.717, 1.165) is 38.5 Å². The molecule has 8 atom stereocenters. The van der Waals surface area contributed by atoms with Crippen LogP contribution in [0.1, 0.15) is 78.6 Å².